The molecule has 1 saturated heterocycles. The first kappa shape index (κ1) is 17.4. The summed E-state index contributed by atoms with van der Waals surface area (Å²) in [7, 11) is 0. The molecule has 0 spiro atoms. The minimum Gasteiger partial charge on any atom is -0.463 e. The highest BCUT2D eigenvalue weighted by molar-refractivity contribution is 5.81. The summed E-state index contributed by atoms with van der Waals surface area (Å²) >= 11 is 0. The average Bonchev–Trinajstić information content (AvgIpc) is 2.54. The second-order valence-electron chi connectivity index (χ2n) is 5.57. The molecule has 0 saturated carbocycles. The number of ether oxygens (including phenoxy) is 3. The molecule has 1 aliphatic heterocycles. The van der Waals surface area contributed by atoms with Gasteiger partial charge in [0, 0.05) is 6.08 Å². The van der Waals surface area contributed by atoms with E-state index in [9.17, 15) is 4.79 Å². The van der Waals surface area contributed by atoms with Crippen molar-refractivity contribution in [3.05, 3.63) is 60.2 Å². The van der Waals surface area contributed by atoms with Crippen LogP contribution in [0.5, 0.6) is 0 Å². The van der Waals surface area contributed by atoms with Crippen LogP contribution in [0.1, 0.15) is 25.3 Å². The third-order valence-electron chi connectivity index (χ3n) is 3.52. The van der Waals surface area contributed by atoms with Gasteiger partial charge in [-0.15, -0.1) is 0 Å². The Kier molecular flexibility index (Phi) is 7.04. The minimum absolute atomic E-state index is 0.0307. The Hall–Kier alpha value is -1.91. The molecule has 4 nitrogen and oxygen atoms in total. The van der Waals surface area contributed by atoms with Gasteiger partial charge in [0.2, 0.25) is 0 Å². The highest BCUT2D eigenvalue weighted by Gasteiger charge is 2.23. The topological polar surface area (TPSA) is 44.8 Å². The predicted molar refractivity (Wildman–Crippen MR) is 88.9 cm³/mol. The Morgan fingerprint density at radius 3 is 2.87 bits per heavy atom. The van der Waals surface area contributed by atoms with E-state index in [0.29, 0.717) is 19.8 Å². The average molecular weight is 316 g/mol. The van der Waals surface area contributed by atoms with Gasteiger partial charge in [-0.1, -0.05) is 42.5 Å². The van der Waals surface area contributed by atoms with Crippen molar-refractivity contribution in [2.24, 2.45) is 0 Å². The first-order valence-corrected chi connectivity index (χ1v) is 7.96. The summed E-state index contributed by atoms with van der Waals surface area (Å²) in [6, 6.07) is 10.0. The summed E-state index contributed by atoms with van der Waals surface area (Å²) in [4.78, 5) is 11.4. The summed E-state index contributed by atoms with van der Waals surface area (Å²) in [5.41, 5.74) is 2.25. The zero-order valence-corrected chi connectivity index (χ0v) is 13.6. The van der Waals surface area contributed by atoms with Gasteiger partial charge >= 0.3 is 5.97 Å². The standard InChI is InChI=1S/C19H24O4/c1-3-22-19(20)10-9-17-11-15(2)12-18(23-17)14-21-13-16-7-5-4-6-8-16/h4-10,17-18H,2-3,11-14H2,1H3/b10-9+/t17-,18-/m0/s1. The van der Waals surface area contributed by atoms with Crippen LogP contribution in [0.15, 0.2) is 54.6 Å². The lowest BCUT2D eigenvalue weighted by atomic mass is 9.99. The summed E-state index contributed by atoms with van der Waals surface area (Å²) in [6.07, 6.45) is 4.51. The third-order valence-corrected chi connectivity index (χ3v) is 3.52. The van der Waals surface area contributed by atoms with Gasteiger partial charge in [-0.3, -0.25) is 0 Å². The summed E-state index contributed by atoms with van der Waals surface area (Å²) in [5, 5.41) is 0. The van der Waals surface area contributed by atoms with E-state index in [-0.39, 0.29) is 18.2 Å². The number of hydrogen-bond donors (Lipinski definition) is 0. The normalized spacial score (nSPS) is 21.5. The van der Waals surface area contributed by atoms with Crippen LogP contribution in [0.2, 0.25) is 0 Å². The quantitative estimate of drug-likeness (QED) is 0.439. The van der Waals surface area contributed by atoms with Crippen molar-refractivity contribution in [3.63, 3.8) is 0 Å². The summed E-state index contributed by atoms with van der Waals surface area (Å²) in [5.74, 6) is -0.343. The Morgan fingerprint density at radius 2 is 2.13 bits per heavy atom. The number of benzene rings is 1. The number of carbonyl (C=O) groups is 1. The Morgan fingerprint density at radius 1 is 1.35 bits per heavy atom. The van der Waals surface area contributed by atoms with E-state index in [0.717, 1.165) is 24.0 Å². The highest BCUT2D eigenvalue weighted by Crippen LogP contribution is 2.24. The molecule has 0 N–H and O–H groups in total. The Balaban J connectivity index is 1.78. The molecular weight excluding hydrogens is 292 g/mol. The minimum atomic E-state index is -0.343. The van der Waals surface area contributed by atoms with Crippen molar-refractivity contribution in [2.75, 3.05) is 13.2 Å². The van der Waals surface area contributed by atoms with E-state index in [1.807, 2.05) is 30.3 Å². The molecule has 1 aliphatic rings. The summed E-state index contributed by atoms with van der Waals surface area (Å²) in [6.45, 7) is 7.29. The molecule has 2 rings (SSSR count). The molecule has 0 amide bonds. The first-order valence-electron chi connectivity index (χ1n) is 7.96. The van der Waals surface area contributed by atoms with Crippen LogP contribution >= 0.6 is 0 Å². The van der Waals surface area contributed by atoms with E-state index in [1.54, 1.807) is 13.0 Å². The fraction of sp³-hybridized carbons (Fsp3) is 0.421. The zero-order chi connectivity index (χ0) is 16.5. The Bertz CT molecular complexity index is 536. The van der Waals surface area contributed by atoms with Gasteiger partial charge in [-0.25, -0.2) is 4.79 Å². The van der Waals surface area contributed by atoms with Gasteiger partial charge in [0.1, 0.15) is 0 Å². The maximum absolute atomic E-state index is 11.4. The van der Waals surface area contributed by atoms with Gasteiger partial charge in [0.25, 0.3) is 0 Å². The van der Waals surface area contributed by atoms with Gasteiger partial charge < -0.3 is 14.2 Å². The molecule has 124 valence electrons. The lowest BCUT2D eigenvalue weighted by Crippen LogP contribution is -2.31. The lowest BCUT2D eigenvalue weighted by molar-refractivity contribution is -0.137. The lowest BCUT2D eigenvalue weighted by Gasteiger charge is -2.29. The van der Waals surface area contributed by atoms with E-state index in [4.69, 9.17) is 14.2 Å². The van der Waals surface area contributed by atoms with Crippen LogP contribution in [-0.2, 0) is 25.6 Å². The number of rotatable bonds is 7. The molecular formula is C19H24O4. The van der Waals surface area contributed by atoms with E-state index >= 15 is 0 Å². The van der Waals surface area contributed by atoms with Gasteiger partial charge in [0.15, 0.2) is 0 Å². The van der Waals surface area contributed by atoms with Gasteiger partial charge in [-0.05, 0) is 31.4 Å². The van der Waals surface area contributed by atoms with E-state index in [1.165, 1.54) is 6.08 Å². The highest BCUT2D eigenvalue weighted by atomic mass is 16.5. The van der Waals surface area contributed by atoms with Gasteiger partial charge in [-0.2, -0.15) is 0 Å². The van der Waals surface area contributed by atoms with Crippen LogP contribution in [0.25, 0.3) is 0 Å². The molecule has 0 radical (unpaired) electrons. The zero-order valence-electron chi connectivity index (χ0n) is 13.6. The molecule has 0 unspecified atom stereocenters. The monoisotopic (exact) mass is 316 g/mol. The molecule has 1 fully saturated rings. The van der Waals surface area contributed by atoms with Crippen LogP contribution in [0.3, 0.4) is 0 Å². The van der Waals surface area contributed by atoms with E-state index in [2.05, 4.69) is 6.58 Å². The molecule has 0 bridgehead atoms. The molecule has 4 heteroatoms. The maximum Gasteiger partial charge on any atom is 0.330 e. The maximum atomic E-state index is 11.4. The smallest absolute Gasteiger partial charge is 0.330 e. The predicted octanol–water partition coefficient (Wildman–Crippen LogP) is 3.43. The molecule has 0 aliphatic carbocycles. The van der Waals surface area contributed by atoms with Crippen molar-refractivity contribution >= 4 is 5.97 Å². The van der Waals surface area contributed by atoms with Crippen molar-refractivity contribution in [1.82, 2.24) is 0 Å². The number of carbonyl (C=O) groups excluding carboxylic acids is 1. The van der Waals surface area contributed by atoms with Crippen molar-refractivity contribution < 1.29 is 19.0 Å². The number of esters is 1. The molecule has 1 aromatic rings. The first-order chi connectivity index (χ1) is 11.2. The van der Waals surface area contributed by atoms with Crippen LogP contribution in [-0.4, -0.2) is 31.4 Å². The van der Waals surface area contributed by atoms with Crippen molar-refractivity contribution in [1.29, 1.82) is 0 Å². The second kappa shape index (κ2) is 9.28. The third kappa shape index (κ3) is 6.38. The van der Waals surface area contributed by atoms with E-state index < -0.39 is 0 Å². The fourth-order valence-corrected chi connectivity index (χ4v) is 2.50. The molecule has 1 aromatic carbocycles. The van der Waals surface area contributed by atoms with Crippen molar-refractivity contribution in [2.45, 2.75) is 38.6 Å². The number of hydrogen-bond acceptors (Lipinski definition) is 4. The molecule has 0 aromatic heterocycles. The van der Waals surface area contributed by atoms with Crippen LogP contribution < -0.4 is 0 Å². The SMILES string of the molecule is C=C1C[C@@H](COCc2ccccc2)O[C@@H](/C=C/C(=O)OCC)C1. The second-order valence-corrected chi connectivity index (χ2v) is 5.57. The van der Waals surface area contributed by atoms with Crippen LogP contribution in [0, 0.1) is 0 Å². The molecule has 1 heterocycles. The van der Waals surface area contributed by atoms with Gasteiger partial charge in [0.05, 0.1) is 32.0 Å². The largest absolute Gasteiger partial charge is 0.463 e. The molecule has 2 atom stereocenters. The van der Waals surface area contributed by atoms with Crippen LogP contribution in [0.4, 0.5) is 0 Å². The fourth-order valence-electron chi connectivity index (χ4n) is 2.50. The van der Waals surface area contributed by atoms with Crippen molar-refractivity contribution in [3.8, 4) is 0 Å². The summed E-state index contributed by atoms with van der Waals surface area (Å²) < 4.78 is 16.6. The molecule has 23 heavy (non-hydrogen) atoms. The Labute approximate surface area is 137 Å².